The van der Waals surface area contributed by atoms with Gasteiger partial charge in [0.05, 0.1) is 0 Å². The van der Waals surface area contributed by atoms with Gasteiger partial charge in [-0.1, -0.05) is 24.3 Å². The Labute approximate surface area is 77.7 Å². The van der Waals surface area contributed by atoms with Crippen molar-refractivity contribution >= 4 is 5.97 Å². The summed E-state index contributed by atoms with van der Waals surface area (Å²) in [4.78, 5) is 10.7. The number of allylic oxidation sites excluding steroid dienone is 3. The number of hydrogen-bond donors (Lipinski definition) is 1. The maximum Gasteiger partial charge on any atom is 0.306 e. The molecule has 1 N–H and O–H groups in total. The summed E-state index contributed by atoms with van der Waals surface area (Å²) in [5, 5.41) is 9.50. The zero-order valence-electron chi connectivity index (χ0n) is 7.64. The van der Waals surface area contributed by atoms with Crippen molar-refractivity contribution in [1.82, 2.24) is 0 Å². The average Bonchev–Trinajstić information content (AvgIpc) is 2.52. The number of rotatable bonds is 3. The molecule has 0 aromatic rings. The van der Waals surface area contributed by atoms with Gasteiger partial charge in [0.1, 0.15) is 12.2 Å². The van der Waals surface area contributed by atoms with Gasteiger partial charge in [-0.15, -0.1) is 0 Å². The van der Waals surface area contributed by atoms with Crippen LogP contribution < -0.4 is 0 Å². The molecule has 0 aromatic heterocycles. The summed E-state index contributed by atoms with van der Waals surface area (Å²) in [6, 6.07) is 0. The number of carbonyl (C=O) groups is 1. The van der Waals surface area contributed by atoms with Crippen LogP contribution in [-0.2, 0) is 9.53 Å². The summed E-state index contributed by atoms with van der Waals surface area (Å²) >= 11 is 0. The summed E-state index contributed by atoms with van der Waals surface area (Å²) in [6.45, 7) is 1.90. The second kappa shape index (κ2) is 4.82. The number of ether oxygens (including phenoxy) is 1. The molecule has 0 saturated carbocycles. The van der Waals surface area contributed by atoms with Crippen LogP contribution in [0.15, 0.2) is 24.3 Å². The van der Waals surface area contributed by atoms with Crippen molar-refractivity contribution < 1.29 is 14.6 Å². The zero-order valence-corrected chi connectivity index (χ0v) is 7.64. The molecule has 0 radical (unpaired) electrons. The van der Waals surface area contributed by atoms with Gasteiger partial charge in [0.25, 0.3) is 0 Å². The molecular weight excluding hydrogens is 168 g/mol. The van der Waals surface area contributed by atoms with Crippen LogP contribution in [0, 0.1) is 0 Å². The first-order valence-corrected chi connectivity index (χ1v) is 4.41. The van der Waals surface area contributed by atoms with Crippen molar-refractivity contribution in [2.24, 2.45) is 0 Å². The van der Waals surface area contributed by atoms with Crippen LogP contribution in [0.4, 0.5) is 0 Å². The van der Waals surface area contributed by atoms with Crippen molar-refractivity contribution in [1.29, 1.82) is 0 Å². The third-order valence-corrected chi connectivity index (χ3v) is 1.91. The number of esters is 1. The Balaban J connectivity index is 2.39. The minimum absolute atomic E-state index is 0.219. The molecule has 13 heavy (non-hydrogen) atoms. The molecule has 0 amide bonds. The molecular formula is C10H14O3. The van der Waals surface area contributed by atoms with Gasteiger partial charge < -0.3 is 9.84 Å². The van der Waals surface area contributed by atoms with E-state index in [0.717, 1.165) is 0 Å². The summed E-state index contributed by atoms with van der Waals surface area (Å²) in [5.74, 6) is -0.219. The predicted octanol–water partition coefficient (Wildman–Crippen LogP) is 1.19. The van der Waals surface area contributed by atoms with E-state index in [1.54, 1.807) is 12.2 Å². The topological polar surface area (TPSA) is 46.5 Å². The third-order valence-electron chi connectivity index (χ3n) is 1.91. The Morgan fingerprint density at radius 3 is 2.92 bits per heavy atom. The van der Waals surface area contributed by atoms with Crippen LogP contribution in [0.1, 0.15) is 19.8 Å². The minimum atomic E-state index is -0.678. The Hall–Kier alpha value is -1.09. The highest BCUT2D eigenvalue weighted by atomic mass is 16.6. The van der Waals surface area contributed by atoms with Gasteiger partial charge in [0.2, 0.25) is 0 Å². The van der Waals surface area contributed by atoms with Crippen LogP contribution in [0.2, 0.25) is 0 Å². The average molecular weight is 182 g/mol. The van der Waals surface area contributed by atoms with Crippen LogP contribution >= 0.6 is 0 Å². The summed E-state index contributed by atoms with van der Waals surface area (Å²) in [5.41, 5.74) is 0. The molecule has 1 saturated heterocycles. The summed E-state index contributed by atoms with van der Waals surface area (Å²) in [6.07, 6.45) is 7.06. The fraction of sp³-hybridized carbons (Fsp3) is 0.500. The molecule has 0 aromatic carbocycles. The molecule has 1 aliphatic rings. The molecule has 0 aliphatic carbocycles. The molecule has 1 unspecified atom stereocenters. The van der Waals surface area contributed by atoms with E-state index in [-0.39, 0.29) is 12.1 Å². The van der Waals surface area contributed by atoms with Crippen molar-refractivity contribution in [2.45, 2.75) is 32.0 Å². The van der Waals surface area contributed by atoms with E-state index in [4.69, 9.17) is 4.74 Å². The monoisotopic (exact) mass is 182 g/mol. The van der Waals surface area contributed by atoms with Gasteiger partial charge in [-0.3, -0.25) is 4.79 Å². The first kappa shape index (κ1) is 9.99. The summed E-state index contributed by atoms with van der Waals surface area (Å²) in [7, 11) is 0. The largest absolute Gasteiger partial charge is 0.459 e. The maximum atomic E-state index is 10.7. The van der Waals surface area contributed by atoms with Gasteiger partial charge in [0.15, 0.2) is 0 Å². The first-order chi connectivity index (χ1) is 6.24. The number of carbonyl (C=O) groups excluding carboxylic acids is 1. The number of hydrogen-bond acceptors (Lipinski definition) is 3. The van der Waals surface area contributed by atoms with Gasteiger partial charge in [-0.2, -0.15) is 0 Å². The van der Waals surface area contributed by atoms with E-state index in [1.165, 1.54) is 0 Å². The lowest BCUT2D eigenvalue weighted by Gasteiger charge is -2.12. The smallest absolute Gasteiger partial charge is 0.306 e. The van der Waals surface area contributed by atoms with Gasteiger partial charge in [-0.25, -0.2) is 0 Å². The molecule has 3 heteroatoms. The fourth-order valence-corrected chi connectivity index (χ4v) is 1.20. The van der Waals surface area contributed by atoms with Gasteiger partial charge in [0, 0.05) is 6.42 Å². The quantitative estimate of drug-likeness (QED) is 0.526. The van der Waals surface area contributed by atoms with E-state index < -0.39 is 6.10 Å². The zero-order chi connectivity index (χ0) is 9.68. The second-order valence-electron chi connectivity index (χ2n) is 2.97. The second-order valence-corrected chi connectivity index (χ2v) is 2.97. The SMILES string of the molecule is C/C=C/C=C\[C@@H](O)C1CCC(=O)O1. The fourth-order valence-electron chi connectivity index (χ4n) is 1.20. The number of cyclic esters (lactones) is 1. The standard InChI is InChI=1S/C10H14O3/c1-2-3-4-5-8(11)9-6-7-10(12)13-9/h2-5,8-9,11H,6-7H2,1H3/b3-2+,5-4-/t8-,9?/m1/s1. The van der Waals surface area contributed by atoms with Crippen LogP contribution in [0.3, 0.4) is 0 Å². The molecule has 1 rings (SSSR count). The van der Waals surface area contributed by atoms with E-state index in [9.17, 15) is 9.90 Å². The molecule has 1 heterocycles. The van der Waals surface area contributed by atoms with E-state index in [2.05, 4.69) is 0 Å². The lowest BCUT2D eigenvalue weighted by Crippen LogP contribution is -2.23. The Bertz CT molecular complexity index is 230. The molecule has 72 valence electrons. The Kier molecular flexibility index (Phi) is 3.71. The lowest BCUT2D eigenvalue weighted by atomic mass is 10.1. The molecule has 0 bridgehead atoms. The minimum Gasteiger partial charge on any atom is -0.459 e. The van der Waals surface area contributed by atoms with E-state index in [0.29, 0.717) is 12.8 Å². The van der Waals surface area contributed by atoms with E-state index in [1.807, 2.05) is 19.1 Å². The highest BCUT2D eigenvalue weighted by Crippen LogP contribution is 2.17. The molecule has 1 fully saturated rings. The Morgan fingerprint density at radius 2 is 2.38 bits per heavy atom. The molecule has 1 aliphatic heterocycles. The Morgan fingerprint density at radius 1 is 1.62 bits per heavy atom. The van der Waals surface area contributed by atoms with E-state index >= 15 is 0 Å². The molecule has 0 spiro atoms. The molecule has 3 nitrogen and oxygen atoms in total. The van der Waals surface area contributed by atoms with Crippen LogP contribution in [0.25, 0.3) is 0 Å². The van der Waals surface area contributed by atoms with Gasteiger partial charge in [-0.05, 0) is 13.3 Å². The highest BCUT2D eigenvalue weighted by molar-refractivity contribution is 5.71. The highest BCUT2D eigenvalue weighted by Gasteiger charge is 2.27. The first-order valence-electron chi connectivity index (χ1n) is 4.41. The van der Waals surface area contributed by atoms with Crippen molar-refractivity contribution in [3.8, 4) is 0 Å². The van der Waals surface area contributed by atoms with Crippen LogP contribution in [-0.4, -0.2) is 23.3 Å². The number of aliphatic hydroxyl groups is 1. The number of aliphatic hydroxyl groups excluding tert-OH is 1. The van der Waals surface area contributed by atoms with Gasteiger partial charge >= 0.3 is 5.97 Å². The van der Waals surface area contributed by atoms with Crippen molar-refractivity contribution in [3.63, 3.8) is 0 Å². The lowest BCUT2D eigenvalue weighted by molar-refractivity contribution is -0.144. The normalized spacial score (nSPS) is 25.7. The van der Waals surface area contributed by atoms with Crippen molar-refractivity contribution in [3.05, 3.63) is 24.3 Å². The summed E-state index contributed by atoms with van der Waals surface area (Å²) < 4.78 is 4.89. The van der Waals surface area contributed by atoms with Crippen LogP contribution in [0.5, 0.6) is 0 Å². The molecule has 2 atom stereocenters. The maximum absolute atomic E-state index is 10.7. The third kappa shape index (κ3) is 3.03. The van der Waals surface area contributed by atoms with Crippen molar-refractivity contribution in [2.75, 3.05) is 0 Å². The predicted molar refractivity (Wildman–Crippen MR) is 49.1 cm³/mol.